The van der Waals surface area contributed by atoms with E-state index in [1.54, 1.807) is 22.7 Å². The lowest BCUT2D eigenvalue weighted by atomic mass is 10.3. The molecule has 2 aromatic heterocycles. The van der Waals surface area contributed by atoms with Crippen LogP contribution in [-0.4, -0.2) is 14.5 Å². The molecule has 0 aliphatic heterocycles. The average molecular weight is 447 g/mol. The van der Waals surface area contributed by atoms with Crippen LogP contribution < -0.4 is 9.60 Å². The SMILES string of the molecule is Cn1c(=NN=c2sc3ccccc3n2CCCCBr)sc2ccccc21. The maximum Gasteiger partial charge on any atom is 0.211 e. The van der Waals surface area contributed by atoms with Gasteiger partial charge in [0.25, 0.3) is 0 Å². The van der Waals surface area contributed by atoms with Crippen LogP contribution in [0.15, 0.2) is 58.7 Å². The van der Waals surface area contributed by atoms with E-state index in [4.69, 9.17) is 0 Å². The molecule has 0 N–H and O–H groups in total. The zero-order valence-electron chi connectivity index (χ0n) is 14.4. The van der Waals surface area contributed by atoms with Crippen LogP contribution in [0.4, 0.5) is 0 Å². The molecule has 0 aliphatic carbocycles. The van der Waals surface area contributed by atoms with Gasteiger partial charge in [0.05, 0.1) is 20.4 Å². The van der Waals surface area contributed by atoms with Gasteiger partial charge in [-0.05, 0) is 37.1 Å². The van der Waals surface area contributed by atoms with E-state index in [0.717, 1.165) is 34.3 Å². The zero-order chi connectivity index (χ0) is 17.9. The highest BCUT2D eigenvalue weighted by Crippen LogP contribution is 2.18. The maximum absolute atomic E-state index is 4.63. The first kappa shape index (κ1) is 17.7. The normalized spacial score (nSPS) is 13.3. The van der Waals surface area contributed by atoms with Gasteiger partial charge in [-0.15, -0.1) is 10.2 Å². The number of thiazole rings is 2. The molecule has 134 valence electrons. The van der Waals surface area contributed by atoms with Crippen molar-refractivity contribution in [1.29, 1.82) is 0 Å². The molecular formula is C19H19BrN4S2. The molecule has 0 amide bonds. The van der Waals surface area contributed by atoms with E-state index in [2.05, 4.69) is 83.8 Å². The molecule has 26 heavy (non-hydrogen) atoms. The van der Waals surface area contributed by atoms with E-state index < -0.39 is 0 Å². The number of unbranched alkanes of at least 4 members (excludes halogenated alkanes) is 1. The predicted octanol–water partition coefficient (Wildman–Crippen LogP) is 4.85. The number of halogens is 1. The largest absolute Gasteiger partial charge is 0.318 e. The van der Waals surface area contributed by atoms with Gasteiger partial charge in [0.2, 0.25) is 9.60 Å². The van der Waals surface area contributed by atoms with Crippen LogP contribution in [-0.2, 0) is 13.6 Å². The highest BCUT2D eigenvalue weighted by atomic mass is 79.9. The van der Waals surface area contributed by atoms with Crippen molar-refractivity contribution in [3.05, 3.63) is 58.1 Å². The summed E-state index contributed by atoms with van der Waals surface area (Å²) in [5.74, 6) is 0. The smallest absolute Gasteiger partial charge is 0.211 e. The van der Waals surface area contributed by atoms with Gasteiger partial charge >= 0.3 is 0 Å². The van der Waals surface area contributed by atoms with Crippen molar-refractivity contribution < 1.29 is 0 Å². The Balaban J connectivity index is 1.84. The molecule has 7 heteroatoms. The van der Waals surface area contributed by atoms with Gasteiger partial charge in [-0.25, -0.2) is 0 Å². The molecule has 0 unspecified atom stereocenters. The van der Waals surface area contributed by atoms with Crippen LogP contribution in [0.2, 0.25) is 0 Å². The van der Waals surface area contributed by atoms with Gasteiger partial charge in [0.1, 0.15) is 0 Å². The summed E-state index contributed by atoms with van der Waals surface area (Å²) in [6.45, 7) is 0.961. The number of alkyl halides is 1. The van der Waals surface area contributed by atoms with Crippen LogP contribution in [0.5, 0.6) is 0 Å². The molecule has 4 nitrogen and oxygen atoms in total. The molecular weight excluding hydrogens is 428 g/mol. The van der Waals surface area contributed by atoms with Crippen molar-refractivity contribution >= 4 is 59.0 Å². The molecule has 2 aromatic carbocycles. The van der Waals surface area contributed by atoms with Crippen LogP contribution in [0.25, 0.3) is 20.4 Å². The molecule has 0 aliphatic rings. The van der Waals surface area contributed by atoms with Gasteiger partial charge < -0.3 is 9.13 Å². The number of fused-ring (bicyclic) bond motifs is 2. The third-order valence-electron chi connectivity index (χ3n) is 4.29. The van der Waals surface area contributed by atoms with E-state index in [9.17, 15) is 0 Å². The van der Waals surface area contributed by atoms with Crippen molar-refractivity contribution in [3.8, 4) is 0 Å². The summed E-state index contributed by atoms with van der Waals surface area (Å²) >= 11 is 6.89. The van der Waals surface area contributed by atoms with Crippen LogP contribution in [0.1, 0.15) is 12.8 Å². The van der Waals surface area contributed by atoms with Crippen molar-refractivity contribution in [2.24, 2.45) is 17.3 Å². The number of rotatable bonds is 5. The molecule has 4 aromatic rings. The zero-order valence-corrected chi connectivity index (χ0v) is 17.6. The van der Waals surface area contributed by atoms with Crippen LogP contribution >= 0.6 is 38.6 Å². The summed E-state index contributed by atoms with van der Waals surface area (Å²) in [5.41, 5.74) is 2.43. The summed E-state index contributed by atoms with van der Waals surface area (Å²) in [6, 6.07) is 16.8. The van der Waals surface area contributed by atoms with Crippen molar-refractivity contribution in [2.45, 2.75) is 19.4 Å². The fourth-order valence-electron chi connectivity index (χ4n) is 2.94. The molecule has 0 saturated heterocycles. The Morgan fingerprint density at radius 1 is 0.846 bits per heavy atom. The Kier molecular flexibility index (Phi) is 5.38. The number of hydrogen-bond acceptors (Lipinski definition) is 4. The number of nitrogens with zero attached hydrogens (tertiary/aromatic N) is 4. The van der Waals surface area contributed by atoms with E-state index in [0.29, 0.717) is 0 Å². The number of aryl methyl sites for hydroxylation is 2. The summed E-state index contributed by atoms with van der Waals surface area (Å²) in [4.78, 5) is 1.87. The second-order valence-electron chi connectivity index (χ2n) is 6.01. The predicted molar refractivity (Wildman–Crippen MR) is 115 cm³/mol. The van der Waals surface area contributed by atoms with Crippen LogP contribution in [0.3, 0.4) is 0 Å². The first-order valence-corrected chi connectivity index (χ1v) is 11.3. The Labute approximate surface area is 167 Å². The topological polar surface area (TPSA) is 34.6 Å². The van der Waals surface area contributed by atoms with Gasteiger partial charge in [-0.2, -0.15) is 0 Å². The lowest BCUT2D eigenvalue weighted by Gasteiger charge is -2.03. The Morgan fingerprint density at radius 2 is 1.46 bits per heavy atom. The molecule has 0 radical (unpaired) electrons. The third-order valence-corrected chi connectivity index (χ3v) is 7.00. The van der Waals surface area contributed by atoms with E-state index in [1.165, 1.54) is 20.4 Å². The molecule has 0 saturated carbocycles. The summed E-state index contributed by atoms with van der Waals surface area (Å²) in [6.07, 6.45) is 2.27. The summed E-state index contributed by atoms with van der Waals surface area (Å²) < 4.78 is 6.87. The number of benzene rings is 2. The first-order valence-electron chi connectivity index (χ1n) is 8.54. The van der Waals surface area contributed by atoms with Crippen molar-refractivity contribution in [2.75, 3.05) is 5.33 Å². The second-order valence-corrected chi connectivity index (χ2v) is 8.82. The van der Waals surface area contributed by atoms with Crippen molar-refractivity contribution in [1.82, 2.24) is 9.13 Å². The van der Waals surface area contributed by atoms with Crippen molar-refractivity contribution in [3.63, 3.8) is 0 Å². The first-order chi connectivity index (χ1) is 12.8. The highest BCUT2D eigenvalue weighted by Gasteiger charge is 2.06. The Morgan fingerprint density at radius 3 is 2.19 bits per heavy atom. The maximum atomic E-state index is 4.63. The van der Waals surface area contributed by atoms with E-state index >= 15 is 0 Å². The monoisotopic (exact) mass is 446 g/mol. The lowest BCUT2D eigenvalue weighted by molar-refractivity contribution is 0.635. The fourth-order valence-corrected chi connectivity index (χ4v) is 5.32. The highest BCUT2D eigenvalue weighted by molar-refractivity contribution is 9.09. The number of hydrogen-bond donors (Lipinski definition) is 0. The number of aromatic nitrogens is 2. The van der Waals surface area contributed by atoms with Gasteiger partial charge in [-0.3, -0.25) is 0 Å². The Hall–Kier alpha value is -1.70. The molecule has 0 fully saturated rings. The summed E-state index contributed by atoms with van der Waals surface area (Å²) in [7, 11) is 2.04. The molecule has 0 spiro atoms. The molecule has 2 heterocycles. The Bertz CT molecular complexity index is 1180. The summed E-state index contributed by atoms with van der Waals surface area (Å²) in [5, 5.41) is 10.2. The quantitative estimate of drug-likeness (QED) is 0.238. The fraction of sp³-hybridized carbons (Fsp3) is 0.263. The van der Waals surface area contributed by atoms with Gasteiger partial charge in [0.15, 0.2) is 0 Å². The number of para-hydroxylation sites is 2. The second kappa shape index (κ2) is 7.90. The average Bonchev–Trinajstić information content (AvgIpc) is 3.18. The van der Waals surface area contributed by atoms with Gasteiger partial charge in [-0.1, -0.05) is 62.9 Å². The lowest BCUT2D eigenvalue weighted by Crippen LogP contribution is -2.16. The standard InChI is InChI=1S/C19H19BrN4S2/c1-23-14-8-2-4-10-16(14)25-18(23)21-22-19-24(13-7-6-12-20)15-9-3-5-11-17(15)26-19/h2-5,8-11H,6-7,12-13H2,1H3. The third kappa shape index (κ3) is 3.43. The van der Waals surface area contributed by atoms with E-state index in [1.807, 2.05) is 7.05 Å². The molecule has 0 bridgehead atoms. The minimum Gasteiger partial charge on any atom is -0.318 e. The van der Waals surface area contributed by atoms with Gasteiger partial charge in [0, 0.05) is 18.9 Å². The van der Waals surface area contributed by atoms with Crippen LogP contribution in [0, 0.1) is 0 Å². The van der Waals surface area contributed by atoms with E-state index in [-0.39, 0.29) is 0 Å². The minimum atomic E-state index is 0.913. The minimum absolute atomic E-state index is 0.913. The molecule has 4 rings (SSSR count). The molecule has 0 atom stereocenters.